The zero-order valence-electron chi connectivity index (χ0n) is 22.4. The first-order chi connectivity index (χ1) is 18.2. The van der Waals surface area contributed by atoms with Crippen LogP contribution in [0.15, 0.2) is 23.0 Å². The second kappa shape index (κ2) is 9.33. The van der Waals surface area contributed by atoms with Gasteiger partial charge in [0.15, 0.2) is 11.4 Å². The van der Waals surface area contributed by atoms with Crippen LogP contribution in [0.4, 0.5) is 0 Å². The number of nitrogens with two attached hydrogens (primary N) is 1. The Morgan fingerprint density at radius 3 is 2.49 bits per heavy atom. The molecule has 210 valence electrons. The molecular formula is C28H34ClN3O7. The summed E-state index contributed by atoms with van der Waals surface area (Å²) < 4.78 is 0. The van der Waals surface area contributed by atoms with Gasteiger partial charge in [-0.15, -0.1) is 0 Å². The third-order valence-electron chi connectivity index (χ3n) is 9.00. The highest BCUT2D eigenvalue weighted by Crippen LogP contribution is 2.54. The summed E-state index contributed by atoms with van der Waals surface area (Å²) >= 11 is 6.96. The molecule has 1 saturated heterocycles. The van der Waals surface area contributed by atoms with E-state index in [0.717, 1.165) is 24.9 Å². The Kier molecular flexibility index (Phi) is 6.61. The minimum absolute atomic E-state index is 0.00846. The van der Waals surface area contributed by atoms with Gasteiger partial charge in [0.05, 0.1) is 11.6 Å². The van der Waals surface area contributed by atoms with Crippen molar-refractivity contribution in [1.82, 2.24) is 9.80 Å². The zero-order valence-corrected chi connectivity index (χ0v) is 23.1. The Balaban J connectivity index is 1.68. The van der Waals surface area contributed by atoms with Crippen LogP contribution in [0.25, 0.3) is 5.76 Å². The van der Waals surface area contributed by atoms with E-state index in [9.17, 15) is 34.8 Å². The lowest BCUT2D eigenvalue weighted by Crippen LogP contribution is -2.65. The van der Waals surface area contributed by atoms with Gasteiger partial charge in [-0.3, -0.25) is 24.2 Å². The van der Waals surface area contributed by atoms with Crippen molar-refractivity contribution < 1.29 is 34.8 Å². The first-order valence-corrected chi connectivity index (χ1v) is 13.6. The van der Waals surface area contributed by atoms with Crippen molar-refractivity contribution in [2.45, 2.75) is 63.3 Å². The maximum atomic E-state index is 13.9. The number of rotatable bonds is 4. The molecule has 0 bridgehead atoms. The topological polar surface area (TPSA) is 165 Å². The summed E-state index contributed by atoms with van der Waals surface area (Å²) in [6.45, 7) is 5.09. The monoisotopic (exact) mass is 559 g/mol. The Labute approximate surface area is 231 Å². The third-order valence-corrected chi connectivity index (χ3v) is 9.44. The molecule has 0 spiro atoms. The number of nitrogens with zero attached hydrogens (tertiary/aromatic N) is 2. The lowest BCUT2D eigenvalue weighted by Gasteiger charge is -2.50. The van der Waals surface area contributed by atoms with Crippen LogP contribution in [0.3, 0.4) is 0 Å². The van der Waals surface area contributed by atoms with Gasteiger partial charge in [0.2, 0.25) is 5.78 Å². The van der Waals surface area contributed by atoms with Gasteiger partial charge in [0.25, 0.3) is 5.91 Å². The number of phenolic OH excluding ortho intramolecular Hbond substituents is 1. The van der Waals surface area contributed by atoms with Crippen molar-refractivity contribution in [2.24, 2.45) is 17.6 Å². The fourth-order valence-electron chi connectivity index (χ4n) is 7.29. The number of amides is 1. The summed E-state index contributed by atoms with van der Waals surface area (Å²) in [7, 11) is 3.13. The first kappa shape index (κ1) is 27.6. The van der Waals surface area contributed by atoms with Gasteiger partial charge in [0, 0.05) is 28.6 Å². The Hall–Kier alpha value is -2.92. The van der Waals surface area contributed by atoms with Gasteiger partial charge in [-0.05, 0) is 83.3 Å². The molecule has 0 aromatic heterocycles. The fourth-order valence-corrected chi connectivity index (χ4v) is 7.65. The molecule has 0 radical (unpaired) electrons. The van der Waals surface area contributed by atoms with Gasteiger partial charge in [-0.2, -0.15) is 0 Å². The number of halogens is 1. The number of phenols is 1. The molecule has 6 N–H and O–H groups in total. The molecule has 4 aliphatic rings. The highest BCUT2D eigenvalue weighted by Gasteiger charge is 2.64. The van der Waals surface area contributed by atoms with Crippen LogP contribution >= 0.6 is 11.6 Å². The molecular weight excluding hydrogens is 526 g/mol. The Bertz CT molecular complexity index is 1370. The molecule has 5 atom stereocenters. The van der Waals surface area contributed by atoms with E-state index >= 15 is 0 Å². The maximum absolute atomic E-state index is 13.9. The maximum Gasteiger partial charge on any atom is 0.255 e. The third kappa shape index (κ3) is 3.76. The summed E-state index contributed by atoms with van der Waals surface area (Å²) in [5.74, 6) is -6.76. The zero-order chi connectivity index (χ0) is 28.7. The SMILES string of the molecule is CC(C)N1CCCC1c1cc(O)c2c(c1Cl)C[C@H]1C[C@H]3[C@H](N(C)C)C(=O)C(C(N)=O)=C(O)[C@@]3(O)C(=O)C1=C2O. The normalized spacial score (nSPS) is 31.2. The fraction of sp³-hybridized carbons (Fsp3) is 0.536. The van der Waals surface area contributed by atoms with E-state index in [-0.39, 0.29) is 41.8 Å². The Morgan fingerprint density at radius 1 is 1.23 bits per heavy atom. The van der Waals surface area contributed by atoms with E-state index in [1.54, 1.807) is 14.1 Å². The van der Waals surface area contributed by atoms with E-state index in [2.05, 4.69) is 18.7 Å². The van der Waals surface area contributed by atoms with Crippen LogP contribution in [0, 0.1) is 11.8 Å². The van der Waals surface area contributed by atoms with Crippen molar-refractivity contribution in [3.05, 3.63) is 44.7 Å². The molecule has 1 amide bonds. The number of aliphatic hydroxyl groups excluding tert-OH is 2. The van der Waals surface area contributed by atoms with Crippen LogP contribution in [0.1, 0.15) is 55.8 Å². The number of aliphatic hydroxyl groups is 3. The van der Waals surface area contributed by atoms with Crippen LogP contribution < -0.4 is 5.73 Å². The molecule has 2 fully saturated rings. The summed E-state index contributed by atoms with van der Waals surface area (Å²) in [6, 6.07) is 0.648. The molecule has 1 saturated carbocycles. The lowest BCUT2D eigenvalue weighted by molar-refractivity contribution is -0.153. The average Bonchev–Trinajstić information content (AvgIpc) is 3.33. The minimum Gasteiger partial charge on any atom is -0.508 e. The van der Waals surface area contributed by atoms with Gasteiger partial charge >= 0.3 is 0 Å². The van der Waals surface area contributed by atoms with Crippen LogP contribution in [-0.4, -0.2) is 86.0 Å². The largest absolute Gasteiger partial charge is 0.508 e. The number of carbonyl (C=O) groups excluding carboxylic acids is 3. The minimum atomic E-state index is -2.66. The van der Waals surface area contributed by atoms with E-state index < -0.39 is 58.0 Å². The number of primary amides is 1. The number of fused-ring (bicyclic) bond motifs is 3. The molecule has 1 aromatic rings. The van der Waals surface area contributed by atoms with Gasteiger partial charge in [-0.1, -0.05) is 11.6 Å². The van der Waals surface area contributed by atoms with Crippen molar-refractivity contribution in [3.63, 3.8) is 0 Å². The highest BCUT2D eigenvalue weighted by atomic mass is 35.5. The molecule has 1 heterocycles. The highest BCUT2D eigenvalue weighted by molar-refractivity contribution is 6.33. The summed E-state index contributed by atoms with van der Waals surface area (Å²) in [4.78, 5) is 43.0. The van der Waals surface area contributed by atoms with Crippen LogP contribution in [0.2, 0.25) is 5.02 Å². The van der Waals surface area contributed by atoms with Gasteiger partial charge < -0.3 is 26.2 Å². The number of benzene rings is 1. The van der Waals surface area contributed by atoms with Gasteiger partial charge in [0.1, 0.15) is 22.8 Å². The summed E-state index contributed by atoms with van der Waals surface area (Å²) in [6.07, 6.45) is 2.03. The van der Waals surface area contributed by atoms with E-state index in [1.165, 1.54) is 11.0 Å². The number of hydrogen-bond donors (Lipinski definition) is 5. The number of ketones is 2. The lowest BCUT2D eigenvalue weighted by atomic mass is 9.57. The van der Waals surface area contributed by atoms with Crippen LogP contribution in [-0.2, 0) is 20.8 Å². The second-order valence-electron chi connectivity index (χ2n) is 11.6. The number of Topliss-reactive ketones (excluding diaryl/α,β-unsaturated/α-hetero) is 2. The quantitative estimate of drug-likeness (QED) is 0.348. The molecule has 5 rings (SSSR count). The second-order valence-corrected chi connectivity index (χ2v) is 12.0. The van der Waals surface area contributed by atoms with Crippen LogP contribution in [0.5, 0.6) is 5.75 Å². The number of aromatic hydroxyl groups is 1. The molecule has 1 aromatic carbocycles. The van der Waals surface area contributed by atoms with Crippen molar-refractivity contribution in [2.75, 3.05) is 20.6 Å². The number of likely N-dealkylation sites (tertiary alicyclic amines) is 1. The average molecular weight is 560 g/mol. The summed E-state index contributed by atoms with van der Waals surface area (Å²) in [5, 5.41) is 45.5. The molecule has 1 unspecified atom stereocenters. The smallest absolute Gasteiger partial charge is 0.255 e. The van der Waals surface area contributed by atoms with Crippen molar-refractivity contribution in [3.8, 4) is 5.75 Å². The number of likely N-dealkylation sites (N-methyl/N-ethyl adjacent to an activating group) is 1. The number of carbonyl (C=O) groups is 3. The number of hydrogen-bond acceptors (Lipinski definition) is 9. The van der Waals surface area contributed by atoms with E-state index in [1.807, 2.05) is 0 Å². The predicted octanol–water partition coefficient (Wildman–Crippen LogP) is 2.16. The first-order valence-electron chi connectivity index (χ1n) is 13.2. The predicted molar refractivity (Wildman–Crippen MR) is 143 cm³/mol. The van der Waals surface area contributed by atoms with E-state index in [0.29, 0.717) is 10.6 Å². The molecule has 10 nitrogen and oxygen atoms in total. The standard InChI is InChI=1S/C28H34ClN3O7/c1-11(2)32-7-5-6-16(32)13-10-17(33)19-14(21(13)29)8-12-9-15-22(31(3)4)24(35)20(27(30)38)26(37)28(15,39)25(36)18(12)23(19)34/h10-12,15-16,22,33-34,37,39H,5-9H2,1-4H3,(H2,30,38)/t12-,15-,16?,22-,28-/m0/s1. The van der Waals surface area contributed by atoms with Crippen molar-refractivity contribution in [1.29, 1.82) is 0 Å². The van der Waals surface area contributed by atoms with Crippen molar-refractivity contribution >= 4 is 34.8 Å². The van der Waals surface area contributed by atoms with E-state index in [4.69, 9.17) is 17.3 Å². The molecule has 11 heteroatoms. The molecule has 3 aliphatic carbocycles. The Morgan fingerprint density at radius 2 is 1.90 bits per heavy atom. The van der Waals surface area contributed by atoms with Gasteiger partial charge in [-0.25, -0.2) is 0 Å². The molecule has 39 heavy (non-hydrogen) atoms. The molecule has 1 aliphatic heterocycles. The summed E-state index contributed by atoms with van der Waals surface area (Å²) in [5.41, 5.74) is 2.93.